The number of carbonyl (C=O) groups excluding carboxylic acids is 2. The van der Waals surface area contributed by atoms with Crippen LogP contribution in [0, 0.1) is 0 Å². The first-order chi connectivity index (χ1) is 13.9. The Hall–Kier alpha value is -2.77. The van der Waals surface area contributed by atoms with E-state index >= 15 is 0 Å². The summed E-state index contributed by atoms with van der Waals surface area (Å²) in [7, 11) is 3.19. The van der Waals surface area contributed by atoms with Gasteiger partial charge in [0.25, 0.3) is 0 Å². The Morgan fingerprint density at radius 3 is 2.34 bits per heavy atom. The van der Waals surface area contributed by atoms with Crippen LogP contribution in [0.3, 0.4) is 0 Å². The van der Waals surface area contributed by atoms with Crippen LogP contribution in [-0.4, -0.2) is 54.1 Å². The second kappa shape index (κ2) is 8.71. The number of carboxylic acid groups (broad SMARTS) is 1. The molecule has 2 aliphatic rings. The smallest absolute Gasteiger partial charge is 0.303 e. The summed E-state index contributed by atoms with van der Waals surface area (Å²) in [6, 6.07) is 3.88. The van der Waals surface area contributed by atoms with E-state index in [2.05, 4.69) is 5.32 Å². The van der Waals surface area contributed by atoms with E-state index in [4.69, 9.17) is 14.6 Å². The van der Waals surface area contributed by atoms with Gasteiger partial charge in [-0.3, -0.25) is 14.4 Å². The van der Waals surface area contributed by atoms with Crippen molar-refractivity contribution < 1.29 is 29.0 Å². The number of carbonyl (C=O) groups is 3. The van der Waals surface area contributed by atoms with Crippen LogP contribution in [0.2, 0.25) is 0 Å². The molecule has 2 N–H and O–H groups in total. The van der Waals surface area contributed by atoms with Crippen molar-refractivity contribution >= 4 is 17.8 Å². The molecule has 0 radical (unpaired) electrons. The maximum absolute atomic E-state index is 12.8. The van der Waals surface area contributed by atoms with Crippen LogP contribution in [0.25, 0.3) is 0 Å². The van der Waals surface area contributed by atoms with Gasteiger partial charge in [-0.15, -0.1) is 0 Å². The predicted molar refractivity (Wildman–Crippen MR) is 105 cm³/mol. The molecule has 0 spiro atoms. The number of carboxylic acids is 1. The molecule has 0 aromatic heterocycles. The van der Waals surface area contributed by atoms with Gasteiger partial charge in [0.15, 0.2) is 11.5 Å². The van der Waals surface area contributed by atoms with Crippen LogP contribution in [0.15, 0.2) is 12.1 Å². The minimum absolute atomic E-state index is 0.0151. The fourth-order valence-electron chi connectivity index (χ4n) is 4.22. The van der Waals surface area contributed by atoms with E-state index in [1.807, 2.05) is 17.0 Å². The standard InChI is InChI=1S/C21H28N2O6/c1-28-16-11-14-6-10-23(13-15(14)12-17(16)29-2)19(25)4-8-21(9-5-20(26)27)7-3-18(24)22-21/h11-12H,3-10,13H2,1-2H3,(H,22,24)(H,26,27)/t21-/m0/s1. The molecule has 0 aliphatic carbocycles. The van der Waals surface area contributed by atoms with Gasteiger partial charge in [0.05, 0.1) is 14.2 Å². The summed E-state index contributed by atoms with van der Waals surface area (Å²) < 4.78 is 10.7. The van der Waals surface area contributed by atoms with Crippen molar-refractivity contribution in [2.75, 3.05) is 20.8 Å². The molecule has 1 saturated heterocycles. The van der Waals surface area contributed by atoms with Crippen LogP contribution >= 0.6 is 0 Å². The summed E-state index contributed by atoms with van der Waals surface area (Å²) in [6.07, 6.45) is 2.76. The molecule has 1 aromatic rings. The maximum atomic E-state index is 12.8. The molecule has 158 valence electrons. The number of nitrogens with zero attached hydrogens (tertiary/aromatic N) is 1. The fraction of sp³-hybridized carbons (Fsp3) is 0.571. The van der Waals surface area contributed by atoms with E-state index in [1.165, 1.54) is 0 Å². The molecule has 0 saturated carbocycles. The molecular formula is C21H28N2O6. The van der Waals surface area contributed by atoms with Crippen molar-refractivity contribution in [1.29, 1.82) is 0 Å². The average Bonchev–Trinajstić information content (AvgIpc) is 3.10. The molecule has 3 rings (SSSR count). The molecular weight excluding hydrogens is 376 g/mol. The van der Waals surface area contributed by atoms with Gasteiger partial charge in [-0.2, -0.15) is 0 Å². The van der Waals surface area contributed by atoms with Crippen molar-refractivity contribution in [2.24, 2.45) is 0 Å². The normalized spacial score (nSPS) is 20.8. The second-order valence-corrected chi connectivity index (χ2v) is 7.76. The van der Waals surface area contributed by atoms with Crippen molar-refractivity contribution in [3.8, 4) is 11.5 Å². The molecule has 0 bridgehead atoms. The number of amides is 2. The van der Waals surface area contributed by atoms with Crippen molar-refractivity contribution in [3.05, 3.63) is 23.3 Å². The summed E-state index contributed by atoms with van der Waals surface area (Å²) >= 11 is 0. The quantitative estimate of drug-likeness (QED) is 0.685. The molecule has 8 heteroatoms. The monoisotopic (exact) mass is 404 g/mol. The Bertz CT molecular complexity index is 809. The van der Waals surface area contributed by atoms with Gasteiger partial charge in [-0.25, -0.2) is 0 Å². The lowest BCUT2D eigenvalue weighted by atomic mass is 9.86. The summed E-state index contributed by atoms with van der Waals surface area (Å²) in [6.45, 7) is 1.12. The minimum Gasteiger partial charge on any atom is -0.493 e. The molecule has 1 atom stereocenters. The number of fused-ring (bicyclic) bond motifs is 1. The topological polar surface area (TPSA) is 105 Å². The SMILES string of the molecule is COc1cc2c(cc1OC)CN(C(=O)CC[C@]1(CCC(=O)O)CCC(=O)N1)CC2. The van der Waals surface area contributed by atoms with E-state index < -0.39 is 11.5 Å². The fourth-order valence-corrected chi connectivity index (χ4v) is 4.22. The zero-order valence-corrected chi connectivity index (χ0v) is 17.0. The summed E-state index contributed by atoms with van der Waals surface area (Å²) in [5, 5.41) is 11.9. The summed E-state index contributed by atoms with van der Waals surface area (Å²) in [5.74, 6) is 0.371. The lowest BCUT2D eigenvalue weighted by Crippen LogP contribution is -2.44. The highest BCUT2D eigenvalue weighted by atomic mass is 16.5. The molecule has 8 nitrogen and oxygen atoms in total. The molecule has 29 heavy (non-hydrogen) atoms. The first-order valence-corrected chi connectivity index (χ1v) is 9.90. The zero-order valence-electron chi connectivity index (χ0n) is 17.0. The lowest BCUT2D eigenvalue weighted by Gasteiger charge is -2.32. The number of methoxy groups -OCH3 is 2. The molecule has 2 aliphatic heterocycles. The Labute approximate surface area is 170 Å². The second-order valence-electron chi connectivity index (χ2n) is 7.76. The summed E-state index contributed by atoms with van der Waals surface area (Å²) in [4.78, 5) is 37.4. The lowest BCUT2D eigenvalue weighted by molar-refractivity contribution is -0.137. The van der Waals surface area contributed by atoms with Crippen LogP contribution < -0.4 is 14.8 Å². The van der Waals surface area contributed by atoms with Crippen molar-refractivity contribution in [1.82, 2.24) is 10.2 Å². The molecule has 2 heterocycles. The Morgan fingerprint density at radius 1 is 1.10 bits per heavy atom. The Kier molecular flexibility index (Phi) is 6.30. The number of hydrogen-bond donors (Lipinski definition) is 2. The minimum atomic E-state index is -0.895. The predicted octanol–water partition coefficient (Wildman–Crippen LogP) is 1.88. The highest BCUT2D eigenvalue weighted by molar-refractivity contribution is 5.80. The number of hydrogen-bond acceptors (Lipinski definition) is 5. The van der Waals surface area contributed by atoms with Gasteiger partial charge in [-0.1, -0.05) is 0 Å². The third kappa shape index (κ3) is 4.81. The number of aliphatic carboxylic acids is 1. The van der Waals surface area contributed by atoms with Gasteiger partial charge < -0.3 is 24.8 Å². The number of rotatable bonds is 8. The van der Waals surface area contributed by atoms with Gasteiger partial charge in [0, 0.05) is 37.9 Å². The molecule has 0 unspecified atom stereocenters. The van der Waals surface area contributed by atoms with E-state index in [-0.39, 0.29) is 24.7 Å². The molecule has 1 fully saturated rings. The van der Waals surface area contributed by atoms with E-state index in [0.717, 1.165) is 17.5 Å². The first kappa shape index (κ1) is 21.0. The van der Waals surface area contributed by atoms with E-state index in [0.29, 0.717) is 50.3 Å². The maximum Gasteiger partial charge on any atom is 0.303 e. The third-order valence-electron chi connectivity index (χ3n) is 5.94. The highest BCUT2D eigenvalue weighted by Gasteiger charge is 2.38. The van der Waals surface area contributed by atoms with E-state index in [1.54, 1.807) is 14.2 Å². The van der Waals surface area contributed by atoms with E-state index in [9.17, 15) is 14.4 Å². The highest BCUT2D eigenvalue weighted by Crippen LogP contribution is 2.34. The van der Waals surface area contributed by atoms with Crippen molar-refractivity contribution in [3.63, 3.8) is 0 Å². The number of benzene rings is 1. The van der Waals surface area contributed by atoms with Gasteiger partial charge in [0.1, 0.15) is 0 Å². The third-order valence-corrected chi connectivity index (χ3v) is 5.94. The number of ether oxygens (including phenoxy) is 2. The molecule has 2 amide bonds. The number of nitrogens with one attached hydrogen (secondary N) is 1. The molecule has 1 aromatic carbocycles. The first-order valence-electron chi connectivity index (χ1n) is 9.90. The van der Waals surface area contributed by atoms with Gasteiger partial charge >= 0.3 is 5.97 Å². The van der Waals surface area contributed by atoms with Crippen LogP contribution in [-0.2, 0) is 27.3 Å². The van der Waals surface area contributed by atoms with Gasteiger partial charge in [0.2, 0.25) is 11.8 Å². The van der Waals surface area contributed by atoms with Crippen LogP contribution in [0.4, 0.5) is 0 Å². The van der Waals surface area contributed by atoms with Crippen LogP contribution in [0.5, 0.6) is 11.5 Å². The van der Waals surface area contributed by atoms with Crippen LogP contribution in [0.1, 0.15) is 49.7 Å². The summed E-state index contributed by atoms with van der Waals surface area (Å²) in [5.41, 5.74) is 1.60. The average molecular weight is 404 g/mol. The zero-order chi connectivity index (χ0) is 21.0. The van der Waals surface area contributed by atoms with Gasteiger partial charge in [-0.05, 0) is 48.9 Å². The van der Waals surface area contributed by atoms with Crippen molar-refractivity contribution in [2.45, 2.75) is 57.0 Å². The largest absolute Gasteiger partial charge is 0.493 e. The Morgan fingerprint density at radius 2 is 1.76 bits per heavy atom. The Balaban J connectivity index is 1.64.